The molecule has 0 radical (unpaired) electrons. The average molecular weight is 1280 g/mol. The highest BCUT2D eigenvalue weighted by Gasteiger charge is 2.43. The van der Waals surface area contributed by atoms with Crippen LogP contribution in [0.3, 0.4) is 0 Å². The van der Waals surface area contributed by atoms with Gasteiger partial charge in [-0.1, -0.05) is 100.0 Å². The number of likely N-dealkylation sites (N-methyl/N-ethyl adjacent to an activating group) is 7. The Bertz CT molecular complexity index is 2700. The summed E-state index contributed by atoms with van der Waals surface area (Å²) >= 11 is 0. The number of benzene rings is 1. The van der Waals surface area contributed by atoms with E-state index in [2.05, 4.69) is 21.3 Å². The van der Waals surface area contributed by atoms with Gasteiger partial charge in [-0.3, -0.25) is 52.7 Å². The van der Waals surface area contributed by atoms with E-state index in [0.29, 0.717) is 18.6 Å². The van der Waals surface area contributed by atoms with Gasteiger partial charge in [-0.05, 0) is 100 Å². The van der Waals surface area contributed by atoms with E-state index < -0.39 is 162 Å². The lowest BCUT2D eigenvalue weighted by molar-refractivity contribution is -0.149. The summed E-state index contributed by atoms with van der Waals surface area (Å²) in [5.74, 6) is -10.5. The molecule has 1 saturated carbocycles. The number of halogens is 4. The average Bonchev–Trinajstić information content (AvgIpc) is 0.868. The van der Waals surface area contributed by atoms with Crippen LogP contribution in [0.1, 0.15) is 158 Å². The first kappa shape index (κ1) is 77.4. The van der Waals surface area contributed by atoms with Crippen LogP contribution in [0.5, 0.6) is 0 Å². The molecular formula is C64H103F4N11O11. The van der Waals surface area contributed by atoms with Gasteiger partial charge < -0.3 is 55.6 Å². The molecule has 4 N–H and O–H groups in total. The van der Waals surface area contributed by atoms with Gasteiger partial charge in [0.1, 0.15) is 47.6 Å². The Hall–Kier alpha value is -6.89. The topological polar surface area (TPSA) is 259 Å². The number of alkyl halides is 3. The van der Waals surface area contributed by atoms with Crippen LogP contribution in [0.2, 0.25) is 0 Å². The molecule has 2 fully saturated rings. The van der Waals surface area contributed by atoms with Gasteiger partial charge in [-0.15, -0.1) is 0 Å². The second-order valence-corrected chi connectivity index (χ2v) is 26.7. The standard InChI is InChI=1S/C64H103F4N11O11/c1-19-40(8)55-60(88)75(14)35-52(82)73(12)36-53(83)78(17)49(33-42-23-21-20-22-24-42)59(87)74(13)34-50(80)69-46(28-26-43-25-27-44(45(65)32-43)64(66,67)68)56(84)70-47(29-37(2)3)58(86)79(18)63(10,11)62(90)72-54(39(6)7)61(89)76(15)41(9)31-51(81)77(16)48(30-38(4)5)57(85)71-55/h25,27,32,37-42,46-49,54-55H,19-24,26,28-31,33-36H2,1-18H3,(H,69,80)(H,70,84)(H,71,85)(H,72,90)/t40?,41-,46+,47+,48+,49+,54+,55+/m1/s1. The number of aryl methyl sites for hydroxylation is 1. The Morgan fingerprint density at radius 2 is 1.17 bits per heavy atom. The van der Waals surface area contributed by atoms with E-state index in [1.165, 1.54) is 77.9 Å². The van der Waals surface area contributed by atoms with Gasteiger partial charge >= 0.3 is 6.18 Å². The summed E-state index contributed by atoms with van der Waals surface area (Å²) in [6, 6.07) is -6.03. The maximum atomic E-state index is 14.9. The number of carbonyl (C=O) groups is 11. The van der Waals surface area contributed by atoms with E-state index >= 15 is 0 Å². The van der Waals surface area contributed by atoms with Crippen LogP contribution < -0.4 is 21.3 Å². The van der Waals surface area contributed by atoms with Crippen LogP contribution in [0.25, 0.3) is 0 Å². The number of nitrogens with one attached hydrogen (secondary N) is 4. The maximum Gasteiger partial charge on any atom is 0.419 e. The smallest absolute Gasteiger partial charge is 0.343 e. The summed E-state index contributed by atoms with van der Waals surface area (Å²) in [6.45, 7) is 17.1. The monoisotopic (exact) mass is 1280 g/mol. The number of hydrogen-bond donors (Lipinski definition) is 4. The number of carbonyl (C=O) groups excluding carboxylic acids is 11. The van der Waals surface area contributed by atoms with Crippen molar-refractivity contribution in [3.8, 4) is 0 Å². The minimum absolute atomic E-state index is 0.00486. The van der Waals surface area contributed by atoms with Crippen LogP contribution in [-0.4, -0.2) is 216 Å². The molecule has 0 bridgehead atoms. The zero-order chi connectivity index (χ0) is 68.6. The van der Waals surface area contributed by atoms with Crippen molar-refractivity contribution in [2.45, 2.75) is 207 Å². The molecule has 1 heterocycles. The van der Waals surface area contributed by atoms with Crippen molar-refractivity contribution in [2.24, 2.45) is 29.6 Å². The number of rotatable bonds is 12. The summed E-state index contributed by atoms with van der Waals surface area (Å²) in [5, 5.41) is 11.0. The minimum atomic E-state index is -5.00. The summed E-state index contributed by atoms with van der Waals surface area (Å²) in [6.07, 6.45) is -0.777. The predicted molar refractivity (Wildman–Crippen MR) is 332 cm³/mol. The highest BCUT2D eigenvalue weighted by atomic mass is 19.4. The molecule has 0 aromatic heterocycles. The van der Waals surface area contributed by atoms with Crippen molar-refractivity contribution in [1.29, 1.82) is 0 Å². The first-order valence-electron chi connectivity index (χ1n) is 31.5. The van der Waals surface area contributed by atoms with Crippen molar-refractivity contribution in [2.75, 3.05) is 69.0 Å². The van der Waals surface area contributed by atoms with Gasteiger partial charge in [0.05, 0.1) is 25.2 Å². The van der Waals surface area contributed by atoms with Crippen LogP contribution in [0, 0.1) is 35.4 Å². The van der Waals surface area contributed by atoms with Gasteiger partial charge in [-0.2, -0.15) is 13.2 Å². The molecule has 8 atom stereocenters. The van der Waals surface area contributed by atoms with Crippen molar-refractivity contribution in [1.82, 2.24) is 55.6 Å². The van der Waals surface area contributed by atoms with Crippen molar-refractivity contribution in [3.05, 3.63) is 35.1 Å². The zero-order valence-corrected chi connectivity index (χ0v) is 56.4. The lowest BCUT2D eigenvalue weighted by Gasteiger charge is -2.39. The van der Waals surface area contributed by atoms with Crippen molar-refractivity contribution >= 4 is 65.0 Å². The van der Waals surface area contributed by atoms with E-state index in [-0.39, 0.29) is 61.8 Å². The molecule has 2 aliphatic rings. The zero-order valence-electron chi connectivity index (χ0n) is 56.4. The third kappa shape index (κ3) is 21.6. The lowest BCUT2D eigenvalue weighted by atomic mass is 9.84. The number of hydrogen-bond acceptors (Lipinski definition) is 11. The Morgan fingerprint density at radius 3 is 1.71 bits per heavy atom. The molecular weight excluding hydrogens is 1170 g/mol. The van der Waals surface area contributed by atoms with E-state index in [4.69, 9.17) is 0 Å². The number of nitrogens with zero attached hydrogens (tertiary/aromatic N) is 7. The van der Waals surface area contributed by atoms with E-state index in [1.807, 2.05) is 20.8 Å². The summed E-state index contributed by atoms with van der Waals surface area (Å²) in [7, 11) is 9.75. The van der Waals surface area contributed by atoms with Gasteiger partial charge in [0.2, 0.25) is 65.0 Å². The molecule has 26 heteroatoms. The fourth-order valence-corrected chi connectivity index (χ4v) is 11.1. The van der Waals surface area contributed by atoms with Crippen LogP contribution >= 0.6 is 0 Å². The molecule has 1 saturated heterocycles. The van der Waals surface area contributed by atoms with Crippen LogP contribution in [-0.2, 0) is 65.3 Å². The SMILES string of the molecule is CCC(C)[C@@H]1NC(=O)[C@H](CC(C)C)N(C)C(=O)C[C@@H](C)N(C)C(=O)[C@H](C(C)C)NC(=O)C(C)(C)N(C)C(=O)[C@H](CC(C)C)NC(=O)[C@H](CCc2ccc(C(F)(F)F)c(F)c2)NC(=O)CN(C)C(=O)[C@H](CC2CCCCC2)N(C)C(=O)CN(C)C(=O)CN(C)C1=O. The third-order valence-electron chi connectivity index (χ3n) is 17.8. The quantitative estimate of drug-likeness (QED) is 0.203. The highest BCUT2D eigenvalue weighted by molar-refractivity contribution is 5.99. The third-order valence-corrected chi connectivity index (χ3v) is 17.8. The molecule has 1 aromatic carbocycles. The molecule has 1 aliphatic carbocycles. The first-order valence-corrected chi connectivity index (χ1v) is 31.5. The Kier molecular flexibility index (Phi) is 29.2. The van der Waals surface area contributed by atoms with Gasteiger partial charge in [0.15, 0.2) is 0 Å². The van der Waals surface area contributed by atoms with Crippen LogP contribution in [0.4, 0.5) is 17.6 Å². The molecule has 1 aromatic rings. The fraction of sp³-hybridized carbons (Fsp3) is 0.734. The summed E-state index contributed by atoms with van der Waals surface area (Å²) in [4.78, 5) is 166. The van der Waals surface area contributed by atoms with Gasteiger partial charge in [-0.25, -0.2) is 4.39 Å². The largest absolute Gasteiger partial charge is 0.419 e. The van der Waals surface area contributed by atoms with Crippen LogP contribution in [0.15, 0.2) is 18.2 Å². The Morgan fingerprint density at radius 1 is 0.600 bits per heavy atom. The number of amides is 11. The molecule has 11 amide bonds. The molecule has 0 spiro atoms. The molecule has 1 aliphatic heterocycles. The first-order chi connectivity index (χ1) is 41.7. The Balaban J connectivity index is 2.21. The molecule has 22 nitrogen and oxygen atoms in total. The summed E-state index contributed by atoms with van der Waals surface area (Å²) < 4.78 is 55.6. The Labute approximate surface area is 530 Å². The summed E-state index contributed by atoms with van der Waals surface area (Å²) in [5.41, 5.74) is -3.20. The second-order valence-electron chi connectivity index (χ2n) is 26.7. The normalized spacial score (nSPS) is 25.1. The van der Waals surface area contributed by atoms with E-state index in [0.717, 1.165) is 57.8 Å². The lowest BCUT2D eigenvalue weighted by Crippen LogP contribution is -2.63. The van der Waals surface area contributed by atoms with Gasteiger partial charge in [0, 0.05) is 61.8 Å². The maximum absolute atomic E-state index is 14.9. The second kappa shape index (κ2) is 34.0. The van der Waals surface area contributed by atoms with E-state index in [1.54, 1.807) is 41.5 Å². The van der Waals surface area contributed by atoms with E-state index in [9.17, 15) is 70.3 Å². The highest BCUT2D eigenvalue weighted by Crippen LogP contribution is 2.33. The molecule has 90 heavy (non-hydrogen) atoms. The molecule has 508 valence electrons. The van der Waals surface area contributed by atoms with Crippen molar-refractivity contribution < 1.29 is 70.3 Å². The van der Waals surface area contributed by atoms with Crippen molar-refractivity contribution in [3.63, 3.8) is 0 Å². The predicted octanol–water partition coefficient (Wildman–Crippen LogP) is 5.00. The van der Waals surface area contributed by atoms with Gasteiger partial charge in [0.25, 0.3) is 0 Å². The molecule has 3 rings (SSSR count). The minimum Gasteiger partial charge on any atom is -0.343 e. The fourth-order valence-electron chi connectivity index (χ4n) is 11.1. The molecule has 1 unspecified atom stereocenters.